The fourth-order valence-corrected chi connectivity index (χ4v) is 1.86. The van der Waals surface area contributed by atoms with Crippen molar-refractivity contribution in [1.82, 2.24) is 4.90 Å². The van der Waals surface area contributed by atoms with Gasteiger partial charge in [0.05, 0.1) is 6.61 Å². The molecule has 0 aliphatic carbocycles. The zero-order valence-electron chi connectivity index (χ0n) is 11.3. The number of amides is 1. The second-order valence-corrected chi connectivity index (χ2v) is 4.49. The maximum atomic E-state index is 13.0. The standard InChI is InChI=1S/C13H18ClFN2O2.ClH/c1-19-7-6-17(13(18)4-5-16)9-10-2-3-11(15)8-12(10)14;/h2-3,8H,4-7,9,16H2,1H3;1H. The number of carbonyl (C=O) groups excluding carboxylic acids is 1. The molecule has 0 aliphatic rings. The molecule has 0 bridgehead atoms. The third-order valence-electron chi connectivity index (χ3n) is 2.65. The Balaban J connectivity index is 0.00000361. The van der Waals surface area contributed by atoms with Crippen LogP contribution in [0.2, 0.25) is 5.02 Å². The van der Waals surface area contributed by atoms with Gasteiger partial charge in [-0.3, -0.25) is 4.79 Å². The van der Waals surface area contributed by atoms with Gasteiger partial charge < -0.3 is 15.4 Å². The van der Waals surface area contributed by atoms with Crippen LogP contribution in [0.5, 0.6) is 0 Å². The van der Waals surface area contributed by atoms with Gasteiger partial charge in [0.15, 0.2) is 0 Å². The van der Waals surface area contributed by atoms with Gasteiger partial charge >= 0.3 is 0 Å². The van der Waals surface area contributed by atoms with Crippen molar-refractivity contribution in [3.63, 3.8) is 0 Å². The molecule has 0 unspecified atom stereocenters. The Morgan fingerprint density at radius 1 is 1.50 bits per heavy atom. The number of carbonyl (C=O) groups is 1. The van der Waals surface area contributed by atoms with E-state index in [4.69, 9.17) is 22.1 Å². The minimum Gasteiger partial charge on any atom is -0.383 e. The Morgan fingerprint density at radius 2 is 2.20 bits per heavy atom. The molecule has 0 heterocycles. The van der Waals surface area contributed by atoms with Crippen molar-refractivity contribution in [2.45, 2.75) is 13.0 Å². The lowest BCUT2D eigenvalue weighted by atomic mass is 10.2. The normalized spacial score (nSPS) is 10.0. The van der Waals surface area contributed by atoms with Gasteiger partial charge in [-0.1, -0.05) is 17.7 Å². The molecule has 0 aliphatic heterocycles. The van der Waals surface area contributed by atoms with Crippen LogP contribution in [-0.2, 0) is 16.1 Å². The van der Waals surface area contributed by atoms with E-state index in [2.05, 4.69) is 0 Å². The molecule has 114 valence electrons. The summed E-state index contributed by atoms with van der Waals surface area (Å²) in [5, 5.41) is 0.308. The first kappa shape index (κ1) is 19.1. The van der Waals surface area contributed by atoms with Crippen LogP contribution in [0.4, 0.5) is 4.39 Å². The highest BCUT2D eigenvalue weighted by Crippen LogP contribution is 2.19. The van der Waals surface area contributed by atoms with E-state index in [0.717, 1.165) is 0 Å². The van der Waals surface area contributed by atoms with Crippen molar-refractivity contribution in [3.05, 3.63) is 34.6 Å². The van der Waals surface area contributed by atoms with Gasteiger partial charge in [-0.25, -0.2) is 4.39 Å². The van der Waals surface area contributed by atoms with Crippen molar-refractivity contribution in [2.24, 2.45) is 5.73 Å². The number of hydrogen-bond acceptors (Lipinski definition) is 3. The highest BCUT2D eigenvalue weighted by molar-refractivity contribution is 6.31. The highest BCUT2D eigenvalue weighted by Gasteiger charge is 2.14. The van der Waals surface area contributed by atoms with Crippen molar-refractivity contribution in [1.29, 1.82) is 0 Å². The SMILES string of the molecule is COCCN(Cc1ccc(F)cc1Cl)C(=O)CCN.Cl. The van der Waals surface area contributed by atoms with Crippen LogP contribution in [0.3, 0.4) is 0 Å². The summed E-state index contributed by atoms with van der Waals surface area (Å²) in [6.07, 6.45) is 0.266. The van der Waals surface area contributed by atoms with Crippen molar-refractivity contribution >= 4 is 29.9 Å². The van der Waals surface area contributed by atoms with E-state index in [1.165, 1.54) is 12.1 Å². The average molecular weight is 325 g/mol. The first-order chi connectivity index (χ1) is 9.08. The van der Waals surface area contributed by atoms with E-state index in [1.54, 1.807) is 18.1 Å². The van der Waals surface area contributed by atoms with E-state index in [9.17, 15) is 9.18 Å². The molecule has 0 fully saturated rings. The molecule has 1 aromatic carbocycles. The molecule has 2 N–H and O–H groups in total. The Hall–Kier alpha value is -0.880. The summed E-state index contributed by atoms with van der Waals surface area (Å²) in [7, 11) is 1.57. The zero-order chi connectivity index (χ0) is 14.3. The molecule has 7 heteroatoms. The van der Waals surface area contributed by atoms with Crippen LogP contribution in [0.15, 0.2) is 18.2 Å². The molecule has 0 atom stereocenters. The molecular formula is C13H19Cl2FN2O2. The fourth-order valence-electron chi connectivity index (χ4n) is 1.63. The van der Waals surface area contributed by atoms with Crippen LogP contribution in [-0.4, -0.2) is 37.6 Å². The number of halogens is 3. The van der Waals surface area contributed by atoms with Crippen molar-refractivity contribution < 1.29 is 13.9 Å². The quantitative estimate of drug-likeness (QED) is 0.836. The second kappa shape index (κ2) is 9.94. The second-order valence-electron chi connectivity index (χ2n) is 4.08. The van der Waals surface area contributed by atoms with Gasteiger partial charge in [0.1, 0.15) is 5.82 Å². The van der Waals surface area contributed by atoms with Gasteiger partial charge in [-0.05, 0) is 17.7 Å². The summed E-state index contributed by atoms with van der Waals surface area (Å²) in [4.78, 5) is 13.5. The highest BCUT2D eigenvalue weighted by atomic mass is 35.5. The van der Waals surface area contributed by atoms with Gasteiger partial charge in [-0.15, -0.1) is 12.4 Å². The molecule has 4 nitrogen and oxygen atoms in total. The van der Waals surface area contributed by atoms with Crippen LogP contribution in [0, 0.1) is 5.82 Å². The molecule has 1 aromatic rings. The predicted octanol–water partition coefficient (Wildman–Crippen LogP) is 2.22. The fraction of sp³-hybridized carbons (Fsp3) is 0.462. The largest absolute Gasteiger partial charge is 0.383 e. The summed E-state index contributed by atoms with van der Waals surface area (Å²) in [6.45, 7) is 1.49. The lowest BCUT2D eigenvalue weighted by molar-refractivity contribution is -0.132. The molecule has 20 heavy (non-hydrogen) atoms. The van der Waals surface area contributed by atoms with Crippen molar-refractivity contribution in [3.8, 4) is 0 Å². The maximum absolute atomic E-state index is 13.0. The minimum atomic E-state index is -0.398. The Labute approximate surface area is 129 Å². The Bertz CT molecular complexity index is 433. The van der Waals surface area contributed by atoms with Crippen LogP contribution >= 0.6 is 24.0 Å². The zero-order valence-corrected chi connectivity index (χ0v) is 12.8. The predicted molar refractivity (Wildman–Crippen MR) is 79.6 cm³/mol. The smallest absolute Gasteiger partial charge is 0.224 e. The first-order valence-corrected chi connectivity index (χ1v) is 6.37. The molecule has 0 aromatic heterocycles. The molecule has 0 saturated heterocycles. The summed E-state index contributed by atoms with van der Waals surface area (Å²) < 4.78 is 17.9. The third-order valence-corrected chi connectivity index (χ3v) is 3.00. The monoisotopic (exact) mass is 324 g/mol. The maximum Gasteiger partial charge on any atom is 0.224 e. The van der Waals surface area contributed by atoms with Crippen molar-refractivity contribution in [2.75, 3.05) is 26.8 Å². The molecule has 0 spiro atoms. The molecular weight excluding hydrogens is 306 g/mol. The summed E-state index contributed by atoms with van der Waals surface area (Å²) in [5.41, 5.74) is 6.08. The van der Waals surface area contributed by atoms with E-state index in [-0.39, 0.29) is 24.7 Å². The lowest BCUT2D eigenvalue weighted by Gasteiger charge is -2.23. The molecule has 0 saturated carbocycles. The van der Waals surface area contributed by atoms with Gasteiger partial charge in [0, 0.05) is 38.2 Å². The summed E-state index contributed by atoms with van der Waals surface area (Å²) in [5.74, 6) is -0.467. The summed E-state index contributed by atoms with van der Waals surface area (Å²) >= 11 is 5.96. The number of rotatable bonds is 7. The van der Waals surface area contributed by atoms with Gasteiger partial charge in [0.2, 0.25) is 5.91 Å². The van der Waals surface area contributed by atoms with Crippen LogP contribution < -0.4 is 5.73 Å². The number of hydrogen-bond donors (Lipinski definition) is 1. The summed E-state index contributed by atoms with van der Waals surface area (Å²) in [6, 6.07) is 4.13. The third kappa shape index (κ3) is 6.05. The lowest BCUT2D eigenvalue weighted by Crippen LogP contribution is -2.34. The topological polar surface area (TPSA) is 55.6 Å². The van der Waals surface area contributed by atoms with Crippen LogP contribution in [0.1, 0.15) is 12.0 Å². The number of ether oxygens (including phenoxy) is 1. The van der Waals surface area contributed by atoms with Crippen LogP contribution in [0.25, 0.3) is 0 Å². The molecule has 1 rings (SSSR count). The van der Waals surface area contributed by atoms with E-state index in [1.807, 2.05) is 0 Å². The number of nitrogens with two attached hydrogens (primary N) is 1. The first-order valence-electron chi connectivity index (χ1n) is 5.99. The van der Waals surface area contributed by atoms with Gasteiger partial charge in [-0.2, -0.15) is 0 Å². The van der Waals surface area contributed by atoms with E-state index in [0.29, 0.717) is 36.8 Å². The number of nitrogens with zero attached hydrogens (tertiary/aromatic N) is 1. The Morgan fingerprint density at radius 3 is 2.75 bits per heavy atom. The Kier molecular flexibility index (Phi) is 9.50. The number of methoxy groups -OCH3 is 1. The van der Waals surface area contributed by atoms with Gasteiger partial charge in [0.25, 0.3) is 0 Å². The van der Waals surface area contributed by atoms with E-state index >= 15 is 0 Å². The average Bonchev–Trinajstić information content (AvgIpc) is 2.37. The molecule has 0 radical (unpaired) electrons. The molecule has 1 amide bonds. The minimum absolute atomic E-state index is 0. The number of benzene rings is 1. The van der Waals surface area contributed by atoms with E-state index < -0.39 is 5.82 Å².